The molecule has 0 radical (unpaired) electrons. The van der Waals surface area contributed by atoms with Gasteiger partial charge in [-0.3, -0.25) is 0 Å². The van der Waals surface area contributed by atoms with Gasteiger partial charge in [-0.25, -0.2) is 9.59 Å². The van der Waals surface area contributed by atoms with Gasteiger partial charge in [0.2, 0.25) is 0 Å². The summed E-state index contributed by atoms with van der Waals surface area (Å²) in [6.45, 7) is 3.58. The van der Waals surface area contributed by atoms with Crippen LogP contribution in [0.1, 0.15) is 42.5 Å². The van der Waals surface area contributed by atoms with E-state index in [1.54, 1.807) is 13.8 Å². The molecule has 2 N–H and O–H groups in total. The van der Waals surface area contributed by atoms with Crippen molar-refractivity contribution in [2.45, 2.75) is 33.1 Å². The molecule has 0 aliphatic heterocycles. The summed E-state index contributed by atoms with van der Waals surface area (Å²) in [6, 6.07) is 16.0. The van der Waals surface area contributed by atoms with Crippen LogP contribution in [0, 0.1) is 0 Å². The number of aliphatic carboxylic acids is 2. The molecule has 0 unspecified atom stereocenters. The summed E-state index contributed by atoms with van der Waals surface area (Å²) in [6.07, 6.45) is 5.33. The monoisotopic (exact) mass is 364 g/mol. The Bertz CT molecular complexity index is 783. The third-order valence-corrected chi connectivity index (χ3v) is 4.43. The zero-order valence-corrected chi connectivity index (χ0v) is 15.6. The molecular formula is C23H24O4. The maximum Gasteiger partial charge on any atom is 0.328 e. The highest BCUT2D eigenvalue weighted by molar-refractivity contribution is 5.90. The molecule has 0 aromatic heterocycles. The first-order chi connectivity index (χ1) is 12.8. The van der Waals surface area contributed by atoms with Gasteiger partial charge in [-0.2, -0.15) is 0 Å². The van der Waals surface area contributed by atoms with E-state index in [2.05, 4.69) is 0 Å². The molecule has 4 nitrogen and oxygen atoms in total. The molecule has 0 amide bonds. The van der Waals surface area contributed by atoms with Crippen LogP contribution in [0.3, 0.4) is 0 Å². The summed E-state index contributed by atoms with van der Waals surface area (Å²) in [5.41, 5.74) is 5.75. The third-order valence-electron chi connectivity index (χ3n) is 4.43. The average Bonchev–Trinajstić information content (AvgIpc) is 2.61. The van der Waals surface area contributed by atoms with Crippen LogP contribution >= 0.6 is 0 Å². The van der Waals surface area contributed by atoms with Crippen LogP contribution in [0.25, 0.3) is 11.1 Å². The molecule has 0 saturated heterocycles. The van der Waals surface area contributed by atoms with Gasteiger partial charge in [-0.1, -0.05) is 48.5 Å². The predicted octanol–water partition coefficient (Wildman–Crippen LogP) is 4.84. The highest BCUT2D eigenvalue weighted by Gasteiger charge is 2.02. The molecule has 140 valence electrons. The van der Waals surface area contributed by atoms with E-state index in [0.29, 0.717) is 0 Å². The molecule has 0 bridgehead atoms. The Morgan fingerprint density at radius 3 is 1.33 bits per heavy atom. The molecule has 2 aromatic rings. The number of benzene rings is 2. The number of carboxylic acids is 2. The highest BCUT2D eigenvalue weighted by atomic mass is 16.4. The minimum Gasteiger partial charge on any atom is -0.478 e. The predicted molar refractivity (Wildman–Crippen MR) is 107 cm³/mol. The van der Waals surface area contributed by atoms with E-state index in [4.69, 9.17) is 10.2 Å². The molecule has 0 saturated carbocycles. The lowest BCUT2D eigenvalue weighted by atomic mass is 9.99. The largest absolute Gasteiger partial charge is 0.478 e. The second-order valence-corrected chi connectivity index (χ2v) is 6.58. The number of carbonyl (C=O) groups is 2. The summed E-state index contributed by atoms with van der Waals surface area (Å²) >= 11 is 0. The lowest BCUT2D eigenvalue weighted by Gasteiger charge is -2.06. The van der Waals surface area contributed by atoms with Crippen LogP contribution < -0.4 is 0 Å². The van der Waals surface area contributed by atoms with Crippen LogP contribution in [0.4, 0.5) is 0 Å². The molecule has 27 heavy (non-hydrogen) atoms. The van der Waals surface area contributed by atoms with Gasteiger partial charge in [0.15, 0.2) is 0 Å². The van der Waals surface area contributed by atoms with Crippen molar-refractivity contribution < 1.29 is 19.8 Å². The number of hydrogen-bond donors (Lipinski definition) is 2. The minimum absolute atomic E-state index is 0.737. The number of hydrogen-bond acceptors (Lipinski definition) is 2. The second-order valence-electron chi connectivity index (χ2n) is 6.58. The van der Waals surface area contributed by atoms with Gasteiger partial charge in [0, 0.05) is 12.2 Å². The normalized spacial score (nSPS) is 12.1. The molecular weight excluding hydrogens is 340 g/mol. The van der Waals surface area contributed by atoms with Crippen molar-refractivity contribution in [3.05, 3.63) is 82.9 Å². The SMILES string of the molecule is CC(=CC(=O)O)c1ccc(CCCc2ccc(C(C)=CC(=O)O)cc2)cc1. The van der Waals surface area contributed by atoms with Gasteiger partial charge >= 0.3 is 11.9 Å². The lowest BCUT2D eigenvalue weighted by molar-refractivity contribution is -0.132. The molecule has 2 rings (SSSR count). The van der Waals surface area contributed by atoms with Crippen molar-refractivity contribution in [3.8, 4) is 0 Å². The summed E-state index contributed by atoms with van der Waals surface area (Å²) in [5, 5.41) is 17.6. The summed E-state index contributed by atoms with van der Waals surface area (Å²) in [4.78, 5) is 21.5. The standard InChI is InChI=1S/C23H24O4/c1-16(14-22(24)25)20-10-6-18(7-11-20)4-3-5-19-8-12-21(13-9-19)17(2)15-23(26)27/h6-15H,3-5H2,1-2H3,(H,24,25)(H,26,27). The highest BCUT2D eigenvalue weighted by Crippen LogP contribution is 2.18. The average molecular weight is 364 g/mol. The lowest BCUT2D eigenvalue weighted by Crippen LogP contribution is -1.93. The zero-order valence-electron chi connectivity index (χ0n) is 15.6. The molecule has 0 aliphatic rings. The summed E-state index contributed by atoms with van der Waals surface area (Å²) in [5.74, 6) is -1.87. The fraction of sp³-hybridized carbons (Fsp3) is 0.217. The van der Waals surface area contributed by atoms with Crippen LogP contribution in [0.15, 0.2) is 60.7 Å². The first kappa shape index (κ1) is 20.2. The van der Waals surface area contributed by atoms with E-state index in [-0.39, 0.29) is 0 Å². The molecule has 2 aromatic carbocycles. The van der Waals surface area contributed by atoms with Gasteiger partial charge in [0.05, 0.1) is 0 Å². The van der Waals surface area contributed by atoms with Crippen molar-refractivity contribution in [1.29, 1.82) is 0 Å². The first-order valence-electron chi connectivity index (χ1n) is 8.86. The Labute approximate surface area is 159 Å². The van der Waals surface area contributed by atoms with Crippen LogP contribution in [0.2, 0.25) is 0 Å². The Balaban J connectivity index is 1.89. The maximum atomic E-state index is 10.7. The topological polar surface area (TPSA) is 74.6 Å². The molecule has 0 heterocycles. The smallest absolute Gasteiger partial charge is 0.328 e. The van der Waals surface area contributed by atoms with E-state index >= 15 is 0 Å². The number of rotatable bonds is 8. The Kier molecular flexibility index (Phi) is 7.12. The fourth-order valence-corrected chi connectivity index (χ4v) is 2.90. The quantitative estimate of drug-likeness (QED) is 0.658. The Morgan fingerprint density at radius 2 is 1.04 bits per heavy atom. The fourth-order valence-electron chi connectivity index (χ4n) is 2.90. The molecule has 0 aliphatic carbocycles. The first-order valence-corrected chi connectivity index (χ1v) is 8.86. The molecule has 0 spiro atoms. The van der Waals surface area contributed by atoms with E-state index in [0.717, 1.165) is 41.5 Å². The number of allylic oxidation sites excluding steroid dienone is 2. The summed E-state index contributed by atoms with van der Waals surface area (Å²) in [7, 11) is 0. The summed E-state index contributed by atoms with van der Waals surface area (Å²) < 4.78 is 0. The maximum absolute atomic E-state index is 10.7. The van der Waals surface area contributed by atoms with E-state index in [1.807, 2.05) is 48.5 Å². The minimum atomic E-state index is -0.934. The van der Waals surface area contributed by atoms with Gasteiger partial charge < -0.3 is 10.2 Å². The van der Waals surface area contributed by atoms with Gasteiger partial charge in [-0.15, -0.1) is 0 Å². The molecule has 0 atom stereocenters. The van der Waals surface area contributed by atoms with Crippen molar-refractivity contribution >= 4 is 23.1 Å². The zero-order chi connectivity index (χ0) is 19.8. The van der Waals surface area contributed by atoms with Gasteiger partial charge in [0.25, 0.3) is 0 Å². The van der Waals surface area contributed by atoms with Crippen molar-refractivity contribution in [3.63, 3.8) is 0 Å². The van der Waals surface area contributed by atoms with E-state index < -0.39 is 11.9 Å². The Hall–Kier alpha value is -3.14. The van der Waals surface area contributed by atoms with Crippen LogP contribution in [0.5, 0.6) is 0 Å². The van der Waals surface area contributed by atoms with E-state index in [1.165, 1.54) is 23.3 Å². The Morgan fingerprint density at radius 1 is 0.704 bits per heavy atom. The third kappa shape index (κ3) is 6.59. The number of carboxylic acid groups (broad SMARTS) is 2. The molecule has 4 heteroatoms. The van der Waals surface area contributed by atoms with Crippen molar-refractivity contribution in [2.75, 3.05) is 0 Å². The van der Waals surface area contributed by atoms with Crippen LogP contribution in [-0.4, -0.2) is 22.2 Å². The van der Waals surface area contributed by atoms with Crippen LogP contribution in [-0.2, 0) is 22.4 Å². The second kappa shape index (κ2) is 9.53. The van der Waals surface area contributed by atoms with Crippen molar-refractivity contribution in [1.82, 2.24) is 0 Å². The van der Waals surface area contributed by atoms with Gasteiger partial charge in [-0.05, 0) is 66.5 Å². The van der Waals surface area contributed by atoms with E-state index in [9.17, 15) is 9.59 Å². The molecule has 0 fully saturated rings. The van der Waals surface area contributed by atoms with Gasteiger partial charge in [0.1, 0.15) is 0 Å². The number of aryl methyl sites for hydroxylation is 2. The van der Waals surface area contributed by atoms with Crippen molar-refractivity contribution in [2.24, 2.45) is 0 Å².